The van der Waals surface area contributed by atoms with E-state index >= 15 is 0 Å². The van der Waals surface area contributed by atoms with Gasteiger partial charge in [0, 0.05) is 37.7 Å². The van der Waals surface area contributed by atoms with Crippen molar-refractivity contribution >= 4 is 22.8 Å². The molecule has 2 heterocycles. The van der Waals surface area contributed by atoms with Crippen LogP contribution in [0.2, 0.25) is 0 Å². The lowest BCUT2D eigenvalue weighted by Crippen LogP contribution is -2.39. The fourth-order valence-corrected chi connectivity index (χ4v) is 2.76. The van der Waals surface area contributed by atoms with Crippen LogP contribution in [0.5, 0.6) is 0 Å². The molecule has 1 aromatic heterocycles. The van der Waals surface area contributed by atoms with Crippen LogP contribution in [0.4, 0.5) is 9.93 Å². The van der Waals surface area contributed by atoms with Gasteiger partial charge in [0.2, 0.25) is 5.13 Å². The van der Waals surface area contributed by atoms with Gasteiger partial charge >= 0.3 is 6.09 Å². The van der Waals surface area contributed by atoms with Gasteiger partial charge in [0.1, 0.15) is 11.4 Å². The number of anilines is 1. The maximum atomic E-state index is 12.1. The van der Waals surface area contributed by atoms with Gasteiger partial charge in [-0.3, -0.25) is 0 Å². The summed E-state index contributed by atoms with van der Waals surface area (Å²) in [6, 6.07) is 0. The first-order valence-corrected chi connectivity index (χ1v) is 7.66. The van der Waals surface area contributed by atoms with E-state index in [1.165, 1.54) is 11.5 Å². The van der Waals surface area contributed by atoms with Gasteiger partial charge < -0.3 is 14.5 Å². The molecule has 0 spiro atoms. The van der Waals surface area contributed by atoms with Gasteiger partial charge in [-0.05, 0) is 34.1 Å². The fourth-order valence-electron chi connectivity index (χ4n) is 2.03. The van der Waals surface area contributed by atoms with Gasteiger partial charge in [-0.25, -0.2) is 9.78 Å². The quantitative estimate of drug-likeness (QED) is 0.796. The normalized spacial score (nSPS) is 17.0. The summed E-state index contributed by atoms with van der Waals surface area (Å²) in [5.41, 5.74) is -0.445. The molecule has 0 saturated carbocycles. The molecule has 1 aliphatic heterocycles. The minimum absolute atomic E-state index is 0.229. The average molecular weight is 298 g/mol. The summed E-state index contributed by atoms with van der Waals surface area (Å²) in [7, 11) is 0. The Hall–Kier alpha value is -1.37. The Morgan fingerprint density at radius 1 is 1.25 bits per heavy atom. The molecule has 112 valence electrons. The zero-order valence-electron chi connectivity index (χ0n) is 12.5. The van der Waals surface area contributed by atoms with E-state index in [0.717, 1.165) is 37.0 Å². The number of hydrogen-bond acceptors (Lipinski definition) is 6. The van der Waals surface area contributed by atoms with Crippen LogP contribution in [-0.4, -0.2) is 52.1 Å². The molecule has 1 saturated heterocycles. The van der Waals surface area contributed by atoms with E-state index in [2.05, 4.69) is 14.3 Å². The van der Waals surface area contributed by atoms with Crippen LogP contribution in [0.3, 0.4) is 0 Å². The molecule has 6 nitrogen and oxygen atoms in total. The highest BCUT2D eigenvalue weighted by Crippen LogP contribution is 2.19. The Kier molecular flexibility index (Phi) is 4.47. The molecular weight excluding hydrogens is 276 g/mol. The van der Waals surface area contributed by atoms with Crippen LogP contribution in [-0.2, 0) is 4.74 Å². The van der Waals surface area contributed by atoms with E-state index in [-0.39, 0.29) is 6.09 Å². The molecule has 0 bridgehead atoms. The molecule has 1 amide bonds. The molecule has 0 aromatic carbocycles. The first-order chi connectivity index (χ1) is 9.35. The zero-order valence-corrected chi connectivity index (χ0v) is 13.4. The molecule has 0 radical (unpaired) electrons. The molecule has 20 heavy (non-hydrogen) atoms. The van der Waals surface area contributed by atoms with E-state index in [1.807, 2.05) is 27.7 Å². The smallest absolute Gasteiger partial charge is 0.410 e. The number of ether oxygens (including phenoxy) is 1. The number of aryl methyl sites for hydroxylation is 1. The van der Waals surface area contributed by atoms with Crippen LogP contribution < -0.4 is 4.90 Å². The van der Waals surface area contributed by atoms with E-state index < -0.39 is 5.60 Å². The lowest BCUT2D eigenvalue weighted by Gasteiger charge is -2.26. The van der Waals surface area contributed by atoms with Crippen LogP contribution in [0, 0.1) is 6.92 Å². The van der Waals surface area contributed by atoms with E-state index in [0.29, 0.717) is 6.54 Å². The van der Waals surface area contributed by atoms with E-state index in [4.69, 9.17) is 4.74 Å². The molecule has 0 N–H and O–H groups in total. The van der Waals surface area contributed by atoms with Crippen molar-refractivity contribution in [1.82, 2.24) is 14.3 Å². The minimum Gasteiger partial charge on any atom is -0.444 e. The number of carbonyl (C=O) groups excluding carboxylic acids is 1. The molecule has 1 fully saturated rings. The lowest BCUT2D eigenvalue weighted by molar-refractivity contribution is 0.0263. The second kappa shape index (κ2) is 5.95. The molecule has 0 unspecified atom stereocenters. The van der Waals surface area contributed by atoms with Crippen molar-refractivity contribution in [3.8, 4) is 0 Å². The van der Waals surface area contributed by atoms with Crippen molar-refractivity contribution in [1.29, 1.82) is 0 Å². The summed E-state index contributed by atoms with van der Waals surface area (Å²) in [4.78, 5) is 20.4. The molecule has 1 aromatic rings. The van der Waals surface area contributed by atoms with Crippen LogP contribution >= 0.6 is 11.5 Å². The van der Waals surface area contributed by atoms with Gasteiger partial charge in [0.05, 0.1) is 0 Å². The molecule has 1 aliphatic rings. The maximum Gasteiger partial charge on any atom is 0.410 e. The van der Waals surface area contributed by atoms with E-state index in [1.54, 1.807) is 4.90 Å². The standard InChI is InChI=1S/C13H22N4O2S/c1-10-14-11(20-15-10)16-6-5-7-17(9-8-16)12(18)19-13(2,3)4/h5-9H2,1-4H3. The van der Waals surface area contributed by atoms with Crippen LogP contribution in [0.15, 0.2) is 0 Å². The highest BCUT2D eigenvalue weighted by molar-refractivity contribution is 7.09. The minimum atomic E-state index is -0.445. The number of amides is 1. The number of aromatic nitrogens is 2. The first-order valence-electron chi connectivity index (χ1n) is 6.88. The first kappa shape index (κ1) is 15.0. The summed E-state index contributed by atoms with van der Waals surface area (Å²) in [6.07, 6.45) is 0.686. The third kappa shape index (κ3) is 4.06. The summed E-state index contributed by atoms with van der Waals surface area (Å²) in [6.45, 7) is 10.6. The number of rotatable bonds is 1. The topological polar surface area (TPSA) is 58.6 Å². The van der Waals surface area contributed by atoms with Crippen molar-refractivity contribution in [2.45, 2.75) is 39.7 Å². The molecule has 2 rings (SSSR count). The lowest BCUT2D eigenvalue weighted by atomic mass is 10.2. The second-order valence-corrected chi connectivity index (χ2v) is 6.66. The van der Waals surface area contributed by atoms with Gasteiger partial charge in [0.25, 0.3) is 0 Å². The zero-order chi connectivity index (χ0) is 14.8. The van der Waals surface area contributed by atoms with Gasteiger partial charge in [-0.1, -0.05) is 0 Å². The summed E-state index contributed by atoms with van der Waals surface area (Å²) in [5, 5.41) is 0.938. The largest absolute Gasteiger partial charge is 0.444 e. The summed E-state index contributed by atoms with van der Waals surface area (Å²) < 4.78 is 9.63. The average Bonchev–Trinajstić information content (AvgIpc) is 2.62. The Morgan fingerprint density at radius 2 is 2.00 bits per heavy atom. The second-order valence-electron chi connectivity index (χ2n) is 5.93. The monoisotopic (exact) mass is 298 g/mol. The maximum absolute atomic E-state index is 12.1. The summed E-state index contributed by atoms with van der Waals surface area (Å²) >= 11 is 1.42. The van der Waals surface area contributed by atoms with Crippen molar-refractivity contribution in [2.24, 2.45) is 0 Å². The number of nitrogens with zero attached hydrogens (tertiary/aromatic N) is 4. The molecule has 0 atom stereocenters. The molecule has 0 aliphatic carbocycles. The molecule has 7 heteroatoms. The van der Waals surface area contributed by atoms with Crippen molar-refractivity contribution < 1.29 is 9.53 Å². The molecular formula is C13H22N4O2S. The van der Waals surface area contributed by atoms with Gasteiger partial charge in [-0.15, -0.1) is 0 Å². The van der Waals surface area contributed by atoms with Crippen molar-refractivity contribution in [3.05, 3.63) is 5.82 Å². The third-order valence-corrected chi connectivity index (χ3v) is 3.80. The van der Waals surface area contributed by atoms with Gasteiger partial charge in [0.15, 0.2) is 0 Å². The fraction of sp³-hybridized carbons (Fsp3) is 0.769. The summed E-state index contributed by atoms with van der Waals surface area (Å²) in [5.74, 6) is 0.804. The van der Waals surface area contributed by atoms with Crippen LogP contribution in [0.25, 0.3) is 0 Å². The van der Waals surface area contributed by atoms with Crippen molar-refractivity contribution in [3.63, 3.8) is 0 Å². The third-order valence-electron chi connectivity index (χ3n) is 2.93. The predicted octanol–water partition coefficient (Wildman–Crippen LogP) is 2.29. The number of hydrogen-bond donors (Lipinski definition) is 0. The van der Waals surface area contributed by atoms with Gasteiger partial charge in [-0.2, -0.15) is 4.37 Å². The number of carbonyl (C=O) groups is 1. The SMILES string of the molecule is Cc1nsc(N2CCCN(C(=O)OC(C)(C)C)CC2)n1. The van der Waals surface area contributed by atoms with Crippen molar-refractivity contribution in [2.75, 3.05) is 31.1 Å². The van der Waals surface area contributed by atoms with Crippen LogP contribution in [0.1, 0.15) is 33.0 Å². The Bertz CT molecular complexity index is 469. The Balaban J connectivity index is 1.94. The Labute approximate surface area is 123 Å². The Morgan fingerprint density at radius 3 is 2.60 bits per heavy atom. The van der Waals surface area contributed by atoms with E-state index in [9.17, 15) is 4.79 Å². The predicted molar refractivity (Wildman–Crippen MR) is 79.3 cm³/mol. The highest BCUT2D eigenvalue weighted by Gasteiger charge is 2.25. The highest BCUT2D eigenvalue weighted by atomic mass is 32.1.